The minimum atomic E-state index is 0.350. The summed E-state index contributed by atoms with van der Waals surface area (Å²) in [5, 5.41) is 0. The van der Waals surface area contributed by atoms with Gasteiger partial charge in [-0.15, -0.1) is 0 Å². The Balaban J connectivity index is 4.40. The summed E-state index contributed by atoms with van der Waals surface area (Å²) < 4.78 is 0. The summed E-state index contributed by atoms with van der Waals surface area (Å²) >= 11 is 0. The van der Waals surface area contributed by atoms with Crippen LogP contribution in [0.4, 0.5) is 0 Å². The van der Waals surface area contributed by atoms with Crippen molar-refractivity contribution in [1.29, 1.82) is 0 Å². The monoisotopic (exact) mass is 140 g/mol. The summed E-state index contributed by atoms with van der Waals surface area (Å²) in [4.78, 5) is 0. The second kappa shape index (κ2) is 3.23. The predicted octanol–water partition coefficient (Wildman–Crippen LogP) is 3.63. The van der Waals surface area contributed by atoms with Gasteiger partial charge in [-0.05, 0) is 18.3 Å². The molecule has 0 atom stereocenters. The Kier molecular flexibility index (Phi) is 3.14. The van der Waals surface area contributed by atoms with Crippen LogP contribution in [0.25, 0.3) is 0 Å². The van der Waals surface area contributed by atoms with Gasteiger partial charge in [0.05, 0.1) is 0 Å². The van der Waals surface area contributed by atoms with E-state index in [2.05, 4.69) is 47.6 Å². The van der Waals surface area contributed by atoms with Crippen molar-refractivity contribution >= 4 is 0 Å². The molecule has 0 aliphatic heterocycles. The number of rotatable bonds is 1. The van der Waals surface area contributed by atoms with Crippen LogP contribution in [0.1, 0.15) is 41.5 Å². The second-order valence-corrected chi connectivity index (χ2v) is 4.15. The van der Waals surface area contributed by atoms with Crippen LogP contribution in [0.5, 0.6) is 0 Å². The van der Waals surface area contributed by atoms with Crippen molar-refractivity contribution in [2.75, 3.05) is 0 Å². The molecule has 0 fully saturated rings. The predicted molar refractivity (Wildman–Crippen MR) is 48.1 cm³/mol. The van der Waals surface area contributed by atoms with Gasteiger partial charge in [0.1, 0.15) is 0 Å². The molecule has 0 nitrogen and oxygen atoms in total. The van der Waals surface area contributed by atoms with Gasteiger partial charge in [0, 0.05) is 0 Å². The molecule has 0 heterocycles. The van der Waals surface area contributed by atoms with E-state index in [9.17, 15) is 0 Å². The van der Waals surface area contributed by atoms with Gasteiger partial charge < -0.3 is 0 Å². The van der Waals surface area contributed by atoms with E-state index < -0.39 is 0 Å². The molecule has 0 aliphatic rings. The first-order chi connectivity index (χ1) is 4.39. The first-order valence-corrected chi connectivity index (χ1v) is 4.06. The van der Waals surface area contributed by atoms with Crippen molar-refractivity contribution in [1.82, 2.24) is 0 Å². The molecule has 0 radical (unpaired) electrons. The molecule has 60 valence electrons. The summed E-state index contributed by atoms with van der Waals surface area (Å²) in [7, 11) is 0. The largest absolute Gasteiger partial charge is 0.0877 e. The summed E-state index contributed by atoms with van der Waals surface area (Å²) in [6.45, 7) is 13.4. The van der Waals surface area contributed by atoms with Crippen LogP contribution in [0.2, 0.25) is 0 Å². The average molecular weight is 140 g/mol. The first-order valence-electron chi connectivity index (χ1n) is 4.06. The van der Waals surface area contributed by atoms with E-state index in [1.807, 2.05) is 0 Å². The molecular weight excluding hydrogens is 120 g/mol. The topological polar surface area (TPSA) is 0 Å². The normalized spacial score (nSPS) is 14.5. The quantitative estimate of drug-likeness (QED) is 0.488. The van der Waals surface area contributed by atoms with Gasteiger partial charge in [-0.3, -0.25) is 0 Å². The maximum atomic E-state index is 2.27. The smallest absolute Gasteiger partial charge is 0.0171 e. The van der Waals surface area contributed by atoms with Gasteiger partial charge in [0.15, 0.2) is 0 Å². The molecule has 0 rings (SSSR count). The lowest BCUT2D eigenvalue weighted by molar-refractivity contribution is 0.447. The Labute approximate surface area is 65.3 Å². The number of hydrogen-bond donors (Lipinski definition) is 0. The van der Waals surface area contributed by atoms with Gasteiger partial charge in [0.2, 0.25) is 0 Å². The fourth-order valence-electron chi connectivity index (χ4n) is 1.63. The molecule has 0 aromatic carbocycles. The zero-order valence-corrected chi connectivity index (χ0v) is 8.15. The van der Waals surface area contributed by atoms with Crippen LogP contribution in [0.15, 0.2) is 11.6 Å². The fraction of sp³-hybridized carbons (Fsp3) is 0.800. The zero-order chi connectivity index (χ0) is 8.36. The molecule has 0 heteroatoms. The average Bonchev–Trinajstić information content (AvgIpc) is 1.60. The molecule has 10 heavy (non-hydrogen) atoms. The molecule has 0 bridgehead atoms. The molecule has 0 aromatic heterocycles. The molecule has 0 aromatic rings. The molecule has 0 N–H and O–H groups in total. The highest BCUT2D eigenvalue weighted by Crippen LogP contribution is 2.30. The van der Waals surface area contributed by atoms with Gasteiger partial charge in [-0.25, -0.2) is 0 Å². The van der Waals surface area contributed by atoms with Gasteiger partial charge >= 0.3 is 0 Å². The van der Waals surface area contributed by atoms with Crippen LogP contribution < -0.4 is 0 Å². The summed E-state index contributed by atoms with van der Waals surface area (Å²) in [6, 6.07) is 0. The van der Waals surface area contributed by atoms with E-state index in [-0.39, 0.29) is 0 Å². The molecule has 0 saturated heterocycles. The lowest BCUT2D eigenvalue weighted by Gasteiger charge is -2.25. The summed E-state index contributed by atoms with van der Waals surface area (Å²) in [5.74, 6) is 0.685. The third kappa shape index (κ3) is 2.55. The van der Waals surface area contributed by atoms with Crippen molar-refractivity contribution < 1.29 is 0 Å². The summed E-state index contributed by atoms with van der Waals surface area (Å²) in [5.41, 5.74) is 1.90. The standard InChI is InChI=1S/C10H20/c1-7-9(8(2)3)10(4,5)6/h7-8H,1-6H3/b9-7-. The van der Waals surface area contributed by atoms with Gasteiger partial charge in [0.25, 0.3) is 0 Å². The number of allylic oxidation sites excluding steroid dienone is 2. The Morgan fingerprint density at radius 2 is 1.60 bits per heavy atom. The molecule has 0 saturated carbocycles. The second-order valence-electron chi connectivity index (χ2n) is 4.15. The highest BCUT2D eigenvalue weighted by atomic mass is 14.2. The van der Waals surface area contributed by atoms with Crippen molar-refractivity contribution in [3.8, 4) is 0 Å². The van der Waals surface area contributed by atoms with Crippen molar-refractivity contribution in [2.24, 2.45) is 11.3 Å². The Morgan fingerprint density at radius 1 is 1.20 bits per heavy atom. The highest BCUT2D eigenvalue weighted by Gasteiger charge is 2.18. The lowest BCUT2D eigenvalue weighted by atomic mass is 9.80. The zero-order valence-electron chi connectivity index (χ0n) is 8.15. The van der Waals surface area contributed by atoms with Crippen LogP contribution in [-0.4, -0.2) is 0 Å². The minimum absolute atomic E-state index is 0.350. The molecule has 0 unspecified atom stereocenters. The third-order valence-corrected chi connectivity index (χ3v) is 1.80. The van der Waals surface area contributed by atoms with Crippen molar-refractivity contribution in [3.63, 3.8) is 0 Å². The van der Waals surface area contributed by atoms with E-state index >= 15 is 0 Å². The minimum Gasteiger partial charge on any atom is -0.0877 e. The van der Waals surface area contributed by atoms with E-state index in [4.69, 9.17) is 0 Å². The van der Waals surface area contributed by atoms with Crippen LogP contribution in [-0.2, 0) is 0 Å². The van der Waals surface area contributed by atoms with Crippen LogP contribution in [0, 0.1) is 11.3 Å². The van der Waals surface area contributed by atoms with Crippen molar-refractivity contribution in [3.05, 3.63) is 11.6 Å². The van der Waals surface area contributed by atoms with E-state index in [0.29, 0.717) is 11.3 Å². The Bertz CT molecular complexity index is 121. The van der Waals surface area contributed by atoms with Crippen LogP contribution >= 0.6 is 0 Å². The maximum Gasteiger partial charge on any atom is -0.0171 e. The highest BCUT2D eigenvalue weighted by molar-refractivity contribution is 5.11. The molecule has 0 amide bonds. The van der Waals surface area contributed by atoms with E-state index in [1.165, 1.54) is 0 Å². The fourth-order valence-corrected chi connectivity index (χ4v) is 1.63. The molecule has 0 spiro atoms. The van der Waals surface area contributed by atoms with E-state index in [0.717, 1.165) is 0 Å². The molecular formula is C10H20. The van der Waals surface area contributed by atoms with Crippen molar-refractivity contribution in [2.45, 2.75) is 41.5 Å². The SMILES string of the molecule is C/C=C(/C(C)C)C(C)(C)C. The Morgan fingerprint density at radius 3 is 1.60 bits per heavy atom. The Hall–Kier alpha value is -0.260. The van der Waals surface area contributed by atoms with Crippen LogP contribution in [0.3, 0.4) is 0 Å². The van der Waals surface area contributed by atoms with Gasteiger partial charge in [-0.1, -0.05) is 46.3 Å². The maximum absolute atomic E-state index is 2.27. The van der Waals surface area contributed by atoms with Gasteiger partial charge in [-0.2, -0.15) is 0 Å². The lowest BCUT2D eigenvalue weighted by Crippen LogP contribution is -2.13. The summed E-state index contributed by atoms with van der Waals surface area (Å²) in [6.07, 6.45) is 2.24. The number of hydrogen-bond acceptors (Lipinski definition) is 0. The third-order valence-electron chi connectivity index (χ3n) is 1.80. The van der Waals surface area contributed by atoms with E-state index in [1.54, 1.807) is 5.57 Å². The molecule has 0 aliphatic carbocycles. The first kappa shape index (κ1) is 9.74.